The summed E-state index contributed by atoms with van der Waals surface area (Å²) in [5.41, 5.74) is 0.794. The van der Waals surface area contributed by atoms with Gasteiger partial charge in [0.1, 0.15) is 5.60 Å². The second-order valence-corrected chi connectivity index (χ2v) is 9.24. The van der Waals surface area contributed by atoms with E-state index in [0.717, 1.165) is 19.3 Å². The molecule has 7 nitrogen and oxygen atoms in total. The van der Waals surface area contributed by atoms with Crippen LogP contribution in [0.25, 0.3) is 0 Å². The van der Waals surface area contributed by atoms with Gasteiger partial charge in [0, 0.05) is 44.2 Å². The maximum atomic E-state index is 12.7. The first-order valence-corrected chi connectivity index (χ1v) is 10.9. The first kappa shape index (κ1) is 22.4. The lowest BCUT2D eigenvalue weighted by Gasteiger charge is -2.42. The van der Waals surface area contributed by atoms with E-state index in [9.17, 15) is 9.59 Å². The molecule has 7 heteroatoms. The van der Waals surface area contributed by atoms with Gasteiger partial charge < -0.3 is 24.6 Å². The molecule has 2 amide bonds. The highest BCUT2D eigenvalue weighted by Gasteiger charge is 2.36. The lowest BCUT2D eigenvalue weighted by atomic mass is 9.84. The highest BCUT2D eigenvalue weighted by Crippen LogP contribution is 2.30. The summed E-state index contributed by atoms with van der Waals surface area (Å²) in [7, 11) is 1.42. The number of hydrogen-bond acceptors (Lipinski definition) is 5. The molecule has 0 aliphatic carbocycles. The van der Waals surface area contributed by atoms with Crippen LogP contribution in [0.3, 0.4) is 0 Å². The molecule has 3 rings (SSSR count). The fraction of sp³-hybridized carbons (Fsp3) is 0.652. The molecule has 0 radical (unpaired) electrons. The zero-order valence-electron chi connectivity index (χ0n) is 18.6. The van der Waals surface area contributed by atoms with Gasteiger partial charge in [-0.1, -0.05) is 30.3 Å². The van der Waals surface area contributed by atoms with Crippen LogP contribution >= 0.6 is 0 Å². The summed E-state index contributed by atoms with van der Waals surface area (Å²) in [4.78, 5) is 28.0. The number of carbonyl (C=O) groups is 2. The summed E-state index contributed by atoms with van der Waals surface area (Å²) < 4.78 is 10.4. The third-order valence-corrected chi connectivity index (χ3v) is 5.87. The van der Waals surface area contributed by atoms with Crippen molar-refractivity contribution in [3.05, 3.63) is 35.9 Å². The number of benzene rings is 1. The Bertz CT molecular complexity index is 711. The van der Waals surface area contributed by atoms with Crippen LogP contribution in [0.4, 0.5) is 9.59 Å². The van der Waals surface area contributed by atoms with E-state index in [1.54, 1.807) is 4.90 Å². The molecule has 2 fully saturated rings. The molecule has 2 aliphatic heterocycles. The van der Waals surface area contributed by atoms with E-state index in [-0.39, 0.29) is 18.2 Å². The molecule has 30 heavy (non-hydrogen) atoms. The fourth-order valence-corrected chi connectivity index (χ4v) is 4.37. The molecule has 1 N–H and O–H groups in total. The minimum Gasteiger partial charge on any atom is -0.453 e. The summed E-state index contributed by atoms with van der Waals surface area (Å²) in [6.07, 6.45) is 2.13. The predicted molar refractivity (Wildman–Crippen MR) is 116 cm³/mol. The van der Waals surface area contributed by atoms with Crippen molar-refractivity contribution in [3.63, 3.8) is 0 Å². The van der Waals surface area contributed by atoms with Gasteiger partial charge in [0.2, 0.25) is 0 Å². The Morgan fingerprint density at radius 2 is 1.60 bits per heavy atom. The number of hydrogen-bond donors (Lipinski definition) is 1. The summed E-state index contributed by atoms with van der Waals surface area (Å²) in [6.45, 7) is 8.36. The number of carbonyl (C=O) groups excluding carboxylic acids is 2. The van der Waals surface area contributed by atoms with Crippen molar-refractivity contribution in [1.29, 1.82) is 0 Å². The maximum absolute atomic E-state index is 12.7. The van der Waals surface area contributed by atoms with Crippen LogP contribution in [0.15, 0.2) is 30.3 Å². The van der Waals surface area contributed by atoms with E-state index in [1.165, 1.54) is 12.7 Å². The standard InChI is InChI=1S/C23H35N3O4/c1-23(2,3)30-22(28)26-15-12-19(17-8-6-5-7-9-17)20(16-26)24-18-10-13-25(14-11-18)21(27)29-4/h5-9,18-20,24H,10-16H2,1-4H3/t19-,20+/m1/s1. The van der Waals surface area contributed by atoms with Crippen LogP contribution < -0.4 is 5.32 Å². The van der Waals surface area contributed by atoms with E-state index in [0.29, 0.717) is 38.1 Å². The summed E-state index contributed by atoms with van der Waals surface area (Å²) in [5.74, 6) is 0.337. The number of piperidine rings is 2. The van der Waals surface area contributed by atoms with E-state index in [4.69, 9.17) is 9.47 Å². The van der Waals surface area contributed by atoms with Gasteiger partial charge in [0.05, 0.1) is 7.11 Å². The number of amides is 2. The summed E-state index contributed by atoms with van der Waals surface area (Å²) >= 11 is 0. The zero-order valence-corrected chi connectivity index (χ0v) is 18.6. The largest absolute Gasteiger partial charge is 0.453 e. The van der Waals surface area contributed by atoms with E-state index in [1.807, 2.05) is 31.7 Å². The molecule has 2 aliphatic rings. The highest BCUT2D eigenvalue weighted by atomic mass is 16.6. The van der Waals surface area contributed by atoms with Crippen molar-refractivity contribution < 1.29 is 19.1 Å². The van der Waals surface area contributed by atoms with Gasteiger partial charge in [-0.2, -0.15) is 0 Å². The molecule has 0 spiro atoms. The van der Waals surface area contributed by atoms with Crippen LogP contribution in [0.2, 0.25) is 0 Å². The third kappa shape index (κ3) is 5.88. The smallest absolute Gasteiger partial charge is 0.410 e. The average molecular weight is 418 g/mol. The van der Waals surface area contributed by atoms with Crippen molar-refractivity contribution in [3.8, 4) is 0 Å². The Balaban J connectivity index is 1.67. The van der Waals surface area contributed by atoms with Crippen molar-refractivity contribution in [2.45, 2.75) is 63.6 Å². The Morgan fingerprint density at radius 3 is 2.20 bits per heavy atom. The number of nitrogens with one attached hydrogen (secondary N) is 1. The number of nitrogens with zero attached hydrogens (tertiary/aromatic N) is 2. The number of methoxy groups -OCH3 is 1. The molecule has 1 aromatic rings. The minimum atomic E-state index is -0.503. The Kier molecular flexibility index (Phi) is 7.23. The molecule has 0 saturated carbocycles. The Morgan fingerprint density at radius 1 is 0.967 bits per heavy atom. The summed E-state index contributed by atoms with van der Waals surface area (Å²) in [5, 5.41) is 3.80. The monoisotopic (exact) mass is 417 g/mol. The van der Waals surface area contributed by atoms with Gasteiger partial charge >= 0.3 is 12.2 Å². The molecule has 2 heterocycles. The van der Waals surface area contributed by atoms with Gasteiger partial charge in [0.25, 0.3) is 0 Å². The van der Waals surface area contributed by atoms with Gasteiger partial charge in [-0.25, -0.2) is 9.59 Å². The van der Waals surface area contributed by atoms with Crippen molar-refractivity contribution >= 4 is 12.2 Å². The topological polar surface area (TPSA) is 71.1 Å². The lowest BCUT2D eigenvalue weighted by Crippen LogP contribution is -2.56. The van der Waals surface area contributed by atoms with E-state index < -0.39 is 5.60 Å². The van der Waals surface area contributed by atoms with Crippen LogP contribution in [-0.2, 0) is 9.47 Å². The van der Waals surface area contributed by atoms with Crippen molar-refractivity contribution in [2.75, 3.05) is 33.3 Å². The van der Waals surface area contributed by atoms with E-state index >= 15 is 0 Å². The molecule has 2 atom stereocenters. The minimum absolute atomic E-state index is 0.142. The maximum Gasteiger partial charge on any atom is 0.410 e. The first-order chi connectivity index (χ1) is 14.3. The Hall–Kier alpha value is -2.28. The molecule has 1 aromatic carbocycles. The quantitative estimate of drug-likeness (QED) is 0.814. The van der Waals surface area contributed by atoms with Crippen LogP contribution in [-0.4, -0.2) is 73.0 Å². The van der Waals surface area contributed by atoms with E-state index in [2.05, 4.69) is 29.6 Å². The molecule has 0 bridgehead atoms. The molecule has 166 valence electrons. The summed E-state index contributed by atoms with van der Waals surface area (Å²) in [6, 6.07) is 11.0. The van der Waals surface area contributed by atoms with Crippen molar-refractivity contribution in [2.24, 2.45) is 0 Å². The predicted octanol–water partition coefficient (Wildman–Crippen LogP) is 3.60. The fourth-order valence-electron chi connectivity index (χ4n) is 4.37. The number of ether oxygens (including phenoxy) is 2. The normalized spacial score (nSPS) is 23.2. The third-order valence-electron chi connectivity index (χ3n) is 5.87. The zero-order chi connectivity index (χ0) is 21.7. The van der Waals surface area contributed by atoms with Gasteiger partial charge in [-0.3, -0.25) is 0 Å². The number of rotatable bonds is 3. The van der Waals surface area contributed by atoms with Crippen LogP contribution in [0.1, 0.15) is 51.5 Å². The van der Waals surface area contributed by atoms with Crippen molar-refractivity contribution in [1.82, 2.24) is 15.1 Å². The SMILES string of the molecule is COC(=O)N1CCC(N[C@H]2CN(C(=O)OC(C)(C)C)CC[C@@H]2c2ccccc2)CC1. The number of likely N-dealkylation sites (tertiary alicyclic amines) is 2. The molecule has 2 saturated heterocycles. The highest BCUT2D eigenvalue weighted by molar-refractivity contribution is 5.68. The second kappa shape index (κ2) is 9.69. The van der Waals surface area contributed by atoms with Gasteiger partial charge in [-0.05, 0) is 45.6 Å². The van der Waals surface area contributed by atoms with Gasteiger partial charge in [-0.15, -0.1) is 0 Å². The average Bonchev–Trinajstić information content (AvgIpc) is 2.73. The second-order valence-electron chi connectivity index (χ2n) is 9.24. The Labute approximate surface area is 179 Å². The van der Waals surface area contributed by atoms with Gasteiger partial charge in [0.15, 0.2) is 0 Å². The molecular formula is C23H35N3O4. The van der Waals surface area contributed by atoms with Crippen LogP contribution in [0, 0.1) is 0 Å². The molecular weight excluding hydrogens is 382 g/mol. The molecule has 0 aromatic heterocycles. The molecule has 0 unspecified atom stereocenters. The van der Waals surface area contributed by atoms with Crippen LogP contribution in [0.5, 0.6) is 0 Å². The lowest BCUT2D eigenvalue weighted by molar-refractivity contribution is 0.0160. The first-order valence-electron chi connectivity index (χ1n) is 10.9.